The van der Waals surface area contributed by atoms with Gasteiger partial charge in [-0.25, -0.2) is 0 Å². The Kier molecular flexibility index (Phi) is 3.64. The average Bonchev–Trinajstić information content (AvgIpc) is 2.35. The summed E-state index contributed by atoms with van der Waals surface area (Å²) in [5, 5.41) is 2.90. The number of rotatable bonds is 4. The fourth-order valence-corrected chi connectivity index (χ4v) is 2.36. The van der Waals surface area contributed by atoms with Crippen molar-refractivity contribution in [1.82, 2.24) is 0 Å². The monoisotopic (exact) mass is 233 g/mol. The number of hydrogen-bond acceptors (Lipinski definition) is 3. The van der Waals surface area contributed by atoms with Gasteiger partial charge in [-0.3, -0.25) is 4.79 Å². The van der Waals surface area contributed by atoms with Crippen molar-refractivity contribution in [3.05, 3.63) is 24.3 Å². The molecule has 0 saturated carbocycles. The Labute approximate surface area is 102 Å². The van der Waals surface area contributed by atoms with Crippen LogP contribution in [0.1, 0.15) is 19.8 Å². The van der Waals surface area contributed by atoms with Crippen molar-refractivity contribution in [2.75, 3.05) is 23.3 Å². The molecule has 1 atom stereocenters. The third-order valence-corrected chi connectivity index (χ3v) is 3.21. The van der Waals surface area contributed by atoms with E-state index < -0.39 is 0 Å². The Bertz CT molecular complexity index is 405. The molecule has 17 heavy (non-hydrogen) atoms. The highest BCUT2D eigenvalue weighted by Crippen LogP contribution is 2.31. The van der Waals surface area contributed by atoms with E-state index in [0.717, 1.165) is 24.2 Å². The molecule has 1 heterocycles. The first-order valence-corrected chi connectivity index (χ1v) is 6.11. The van der Waals surface area contributed by atoms with E-state index in [1.807, 2.05) is 24.3 Å². The first-order chi connectivity index (χ1) is 8.26. The van der Waals surface area contributed by atoms with Crippen molar-refractivity contribution in [2.24, 2.45) is 5.73 Å². The third kappa shape index (κ3) is 2.42. The lowest BCUT2D eigenvalue weighted by Gasteiger charge is -2.37. The summed E-state index contributed by atoms with van der Waals surface area (Å²) >= 11 is 0. The van der Waals surface area contributed by atoms with Crippen LogP contribution in [0.2, 0.25) is 0 Å². The van der Waals surface area contributed by atoms with Crippen molar-refractivity contribution in [3.63, 3.8) is 0 Å². The zero-order valence-electron chi connectivity index (χ0n) is 10.1. The fourth-order valence-electron chi connectivity index (χ4n) is 2.36. The predicted molar refractivity (Wildman–Crippen MR) is 70.2 cm³/mol. The molecule has 0 saturated heterocycles. The summed E-state index contributed by atoms with van der Waals surface area (Å²) in [7, 11) is 0. The molecule has 0 radical (unpaired) electrons. The van der Waals surface area contributed by atoms with Crippen LogP contribution in [-0.4, -0.2) is 25.0 Å². The fraction of sp³-hybridized carbons (Fsp3) is 0.462. The van der Waals surface area contributed by atoms with Crippen LogP contribution in [0.4, 0.5) is 11.4 Å². The lowest BCUT2D eigenvalue weighted by molar-refractivity contribution is -0.115. The van der Waals surface area contributed by atoms with Gasteiger partial charge in [0.15, 0.2) is 0 Å². The summed E-state index contributed by atoms with van der Waals surface area (Å²) in [5.74, 6) is 0.0548. The number of carbonyl (C=O) groups excluding carboxylic acids is 1. The van der Waals surface area contributed by atoms with E-state index in [1.54, 1.807) is 0 Å². The van der Waals surface area contributed by atoms with Gasteiger partial charge in [0.05, 0.1) is 17.9 Å². The molecule has 0 aromatic heterocycles. The van der Waals surface area contributed by atoms with Gasteiger partial charge >= 0.3 is 0 Å². The van der Waals surface area contributed by atoms with Crippen molar-refractivity contribution >= 4 is 17.3 Å². The topological polar surface area (TPSA) is 58.4 Å². The number of carbonyl (C=O) groups is 1. The highest BCUT2D eigenvalue weighted by molar-refractivity contribution is 6.01. The molecule has 0 aliphatic carbocycles. The minimum atomic E-state index is 0.0548. The molecule has 4 nitrogen and oxygen atoms in total. The molecule has 0 spiro atoms. The zero-order chi connectivity index (χ0) is 12.3. The summed E-state index contributed by atoms with van der Waals surface area (Å²) < 4.78 is 0. The Morgan fingerprint density at radius 3 is 2.94 bits per heavy atom. The molecular formula is C13H19N3O. The van der Waals surface area contributed by atoms with Gasteiger partial charge in [0.25, 0.3) is 0 Å². The second-order valence-electron chi connectivity index (χ2n) is 4.33. The van der Waals surface area contributed by atoms with Gasteiger partial charge in [-0.2, -0.15) is 0 Å². The number of nitrogens with one attached hydrogen (secondary N) is 1. The first kappa shape index (κ1) is 11.9. The van der Waals surface area contributed by atoms with Crippen molar-refractivity contribution < 1.29 is 4.79 Å². The molecule has 3 N–H and O–H groups in total. The minimum absolute atomic E-state index is 0.0548. The Morgan fingerprint density at radius 1 is 1.47 bits per heavy atom. The first-order valence-electron chi connectivity index (χ1n) is 6.11. The number of fused-ring (bicyclic) bond motifs is 1. The predicted octanol–water partition coefficient (Wildman–Crippen LogP) is 1.57. The van der Waals surface area contributed by atoms with E-state index in [0.29, 0.717) is 19.1 Å². The number of para-hydroxylation sites is 2. The van der Waals surface area contributed by atoms with Crippen LogP contribution in [0, 0.1) is 0 Å². The van der Waals surface area contributed by atoms with Crippen LogP contribution in [0.3, 0.4) is 0 Å². The van der Waals surface area contributed by atoms with Gasteiger partial charge in [-0.1, -0.05) is 19.1 Å². The van der Waals surface area contributed by atoms with Gasteiger partial charge in [-0.05, 0) is 31.5 Å². The molecule has 92 valence electrons. The van der Waals surface area contributed by atoms with Crippen molar-refractivity contribution in [2.45, 2.75) is 25.8 Å². The van der Waals surface area contributed by atoms with Crippen LogP contribution >= 0.6 is 0 Å². The van der Waals surface area contributed by atoms with E-state index in [9.17, 15) is 4.79 Å². The number of nitrogens with zero attached hydrogens (tertiary/aromatic N) is 1. The summed E-state index contributed by atoms with van der Waals surface area (Å²) in [5.41, 5.74) is 7.65. The average molecular weight is 233 g/mol. The number of nitrogens with two attached hydrogens (primary N) is 1. The van der Waals surface area contributed by atoms with Gasteiger partial charge in [0.2, 0.25) is 5.91 Å². The summed E-state index contributed by atoms with van der Waals surface area (Å²) in [4.78, 5) is 13.8. The van der Waals surface area contributed by atoms with E-state index in [2.05, 4.69) is 17.1 Å². The van der Waals surface area contributed by atoms with Crippen LogP contribution in [-0.2, 0) is 4.79 Å². The van der Waals surface area contributed by atoms with Gasteiger partial charge in [-0.15, -0.1) is 0 Å². The van der Waals surface area contributed by atoms with Crippen molar-refractivity contribution in [1.29, 1.82) is 0 Å². The van der Waals surface area contributed by atoms with Crippen LogP contribution < -0.4 is 16.0 Å². The van der Waals surface area contributed by atoms with Crippen LogP contribution in [0.15, 0.2) is 24.3 Å². The lowest BCUT2D eigenvalue weighted by Crippen LogP contribution is -2.45. The zero-order valence-corrected chi connectivity index (χ0v) is 10.1. The number of amides is 1. The molecule has 1 aliphatic rings. The van der Waals surface area contributed by atoms with Gasteiger partial charge in [0.1, 0.15) is 0 Å². The lowest BCUT2D eigenvalue weighted by atomic mass is 10.1. The molecule has 2 rings (SSSR count). The molecule has 1 aliphatic heterocycles. The van der Waals surface area contributed by atoms with E-state index in [1.165, 1.54) is 0 Å². The van der Waals surface area contributed by atoms with E-state index >= 15 is 0 Å². The summed E-state index contributed by atoms with van der Waals surface area (Å²) in [6.45, 7) is 3.21. The summed E-state index contributed by atoms with van der Waals surface area (Å²) in [6, 6.07) is 8.26. The van der Waals surface area contributed by atoms with Crippen LogP contribution in [0.5, 0.6) is 0 Å². The maximum absolute atomic E-state index is 11.7. The molecule has 1 aromatic rings. The van der Waals surface area contributed by atoms with Gasteiger partial charge in [0, 0.05) is 6.04 Å². The highest BCUT2D eigenvalue weighted by Gasteiger charge is 2.26. The molecule has 1 aromatic carbocycles. The second kappa shape index (κ2) is 5.19. The maximum atomic E-state index is 11.7. The normalized spacial score (nSPS) is 16.4. The Balaban J connectivity index is 2.31. The quantitative estimate of drug-likeness (QED) is 0.830. The molecule has 0 bridgehead atoms. The molecule has 0 fully saturated rings. The number of hydrogen-bond donors (Lipinski definition) is 2. The third-order valence-electron chi connectivity index (χ3n) is 3.21. The molecule has 1 unspecified atom stereocenters. The maximum Gasteiger partial charge on any atom is 0.243 e. The SMILES string of the molecule is CCC(CCN)N1CC(=O)Nc2ccccc21. The Morgan fingerprint density at radius 2 is 2.24 bits per heavy atom. The molecule has 1 amide bonds. The molecule has 4 heteroatoms. The Hall–Kier alpha value is -1.55. The van der Waals surface area contributed by atoms with Gasteiger partial charge < -0.3 is 16.0 Å². The summed E-state index contributed by atoms with van der Waals surface area (Å²) in [6.07, 6.45) is 1.91. The number of benzene rings is 1. The largest absolute Gasteiger partial charge is 0.358 e. The van der Waals surface area contributed by atoms with Crippen molar-refractivity contribution in [3.8, 4) is 0 Å². The smallest absolute Gasteiger partial charge is 0.243 e. The van der Waals surface area contributed by atoms with E-state index in [-0.39, 0.29) is 5.91 Å². The standard InChI is InChI=1S/C13H19N3O/c1-2-10(7-8-14)16-9-13(17)15-11-5-3-4-6-12(11)16/h3-6,10H,2,7-9,14H2,1H3,(H,15,17). The minimum Gasteiger partial charge on any atom is -0.358 e. The highest BCUT2D eigenvalue weighted by atomic mass is 16.2. The number of anilines is 2. The molecular weight excluding hydrogens is 214 g/mol. The van der Waals surface area contributed by atoms with E-state index in [4.69, 9.17) is 5.73 Å². The van der Waals surface area contributed by atoms with Crippen LogP contribution in [0.25, 0.3) is 0 Å². The second-order valence-corrected chi connectivity index (χ2v) is 4.33.